The number of anilines is 1. The van der Waals surface area contributed by atoms with Gasteiger partial charge >= 0.3 is 5.69 Å². The predicted octanol–water partition coefficient (Wildman–Crippen LogP) is 2.14. The van der Waals surface area contributed by atoms with E-state index in [1.165, 1.54) is 18.5 Å². The van der Waals surface area contributed by atoms with E-state index in [1.807, 2.05) is 0 Å². The molecule has 0 radical (unpaired) electrons. The van der Waals surface area contributed by atoms with Gasteiger partial charge in [0.2, 0.25) is 0 Å². The van der Waals surface area contributed by atoms with Gasteiger partial charge in [-0.25, -0.2) is 9.37 Å². The van der Waals surface area contributed by atoms with E-state index in [1.54, 1.807) is 7.05 Å². The first kappa shape index (κ1) is 13.7. The van der Waals surface area contributed by atoms with Crippen molar-refractivity contribution in [1.29, 1.82) is 0 Å². The van der Waals surface area contributed by atoms with Crippen molar-refractivity contribution in [2.75, 3.05) is 12.4 Å². The fraction of sp³-hybridized carbons (Fsp3) is 0.167. The molecule has 2 aromatic rings. The van der Waals surface area contributed by atoms with Crippen LogP contribution in [-0.2, 0) is 6.61 Å². The molecule has 0 aliphatic rings. The smallest absolute Gasteiger partial charge is 0.313 e. The Balaban J connectivity index is 2.12. The number of nitro benzene ring substituents is 1. The minimum Gasteiger partial charge on any atom is -0.480 e. The highest BCUT2D eigenvalue weighted by molar-refractivity contribution is 5.46. The van der Waals surface area contributed by atoms with Crippen LogP contribution >= 0.6 is 0 Å². The van der Waals surface area contributed by atoms with Gasteiger partial charge in [0, 0.05) is 7.05 Å². The average Bonchev–Trinajstić information content (AvgIpc) is 2.46. The van der Waals surface area contributed by atoms with E-state index in [4.69, 9.17) is 4.74 Å². The van der Waals surface area contributed by atoms with Gasteiger partial charge in [-0.3, -0.25) is 15.1 Å². The van der Waals surface area contributed by atoms with E-state index < -0.39 is 16.4 Å². The Morgan fingerprint density at radius 3 is 2.80 bits per heavy atom. The molecule has 1 N–H and O–H groups in total. The zero-order valence-corrected chi connectivity index (χ0v) is 10.5. The van der Waals surface area contributed by atoms with Crippen LogP contribution in [0.25, 0.3) is 0 Å². The second kappa shape index (κ2) is 5.91. The van der Waals surface area contributed by atoms with Gasteiger partial charge in [0.1, 0.15) is 18.2 Å². The van der Waals surface area contributed by atoms with Crippen molar-refractivity contribution < 1.29 is 14.1 Å². The summed E-state index contributed by atoms with van der Waals surface area (Å²) in [6.45, 7) is 0.00344. The standard InChI is InChI=1S/C12H11FN4O3/c1-14-12-6-15-9(5-16-12)7-20-11-3-2-8(13)4-10(11)17(18)19/h2-6H,7H2,1H3,(H,14,16). The van der Waals surface area contributed by atoms with Crippen LogP contribution in [0, 0.1) is 15.9 Å². The van der Waals surface area contributed by atoms with E-state index in [2.05, 4.69) is 15.3 Å². The minimum absolute atomic E-state index is 0.00344. The third kappa shape index (κ3) is 3.16. The van der Waals surface area contributed by atoms with Gasteiger partial charge in [0.15, 0.2) is 5.75 Å². The molecule has 8 heteroatoms. The van der Waals surface area contributed by atoms with Crippen molar-refractivity contribution in [3.63, 3.8) is 0 Å². The molecule has 0 atom stereocenters. The summed E-state index contributed by atoms with van der Waals surface area (Å²) in [5.41, 5.74) is 0.0763. The van der Waals surface area contributed by atoms with Crippen molar-refractivity contribution >= 4 is 11.5 Å². The Labute approximate surface area is 113 Å². The van der Waals surface area contributed by atoms with E-state index in [0.717, 1.165) is 12.1 Å². The highest BCUT2D eigenvalue weighted by Crippen LogP contribution is 2.27. The summed E-state index contributed by atoms with van der Waals surface area (Å²) < 4.78 is 18.2. The van der Waals surface area contributed by atoms with Crippen molar-refractivity contribution in [2.45, 2.75) is 6.61 Å². The van der Waals surface area contributed by atoms with Crippen LogP contribution in [0.5, 0.6) is 5.75 Å². The van der Waals surface area contributed by atoms with Crippen molar-refractivity contribution in [2.24, 2.45) is 0 Å². The second-order valence-corrected chi connectivity index (χ2v) is 3.80. The summed E-state index contributed by atoms with van der Waals surface area (Å²) in [4.78, 5) is 18.2. The Hall–Kier alpha value is -2.77. The van der Waals surface area contributed by atoms with Gasteiger partial charge in [0.25, 0.3) is 0 Å². The maximum Gasteiger partial charge on any atom is 0.313 e. The molecule has 104 valence electrons. The lowest BCUT2D eigenvalue weighted by molar-refractivity contribution is -0.386. The molecule has 2 rings (SSSR count). The number of hydrogen-bond acceptors (Lipinski definition) is 6. The largest absolute Gasteiger partial charge is 0.480 e. The zero-order valence-electron chi connectivity index (χ0n) is 10.5. The van der Waals surface area contributed by atoms with Gasteiger partial charge in [-0.05, 0) is 12.1 Å². The number of nitrogens with zero attached hydrogens (tertiary/aromatic N) is 3. The molecule has 0 spiro atoms. The summed E-state index contributed by atoms with van der Waals surface area (Å²) in [5.74, 6) is -0.111. The van der Waals surface area contributed by atoms with Crippen molar-refractivity contribution in [3.8, 4) is 5.75 Å². The fourth-order valence-corrected chi connectivity index (χ4v) is 1.47. The summed E-state index contributed by atoms with van der Waals surface area (Å²) in [5, 5.41) is 13.6. The number of ether oxygens (including phenoxy) is 1. The Morgan fingerprint density at radius 2 is 2.20 bits per heavy atom. The van der Waals surface area contributed by atoms with E-state index in [-0.39, 0.29) is 12.4 Å². The molecular weight excluding hydrogens is 267 g/mol. The van der Waals surface area contributed by atoms with Crippen molar-refractivity contribution in [3.05, 3.63) is 52.2 Å². The highest BCUT2D eigenvalue weighted by atomic mass is 19.1. The summed E-state index contributed by atoms with van der Waals surface area (Å²) in [6, 6.07) is 3.12. The molecule has 0 aliphatic heterocycles. The van der Waals surface area contributed by atoms with Crippen LogP contribution in [0.15, 0.2) is 30.6 Å². The molecule has 0 saturated carbocycles. The molecule has 0 saturated heterocycles. The summed E-state index contributed by atoms with van der Waals surface area (Å²) in [7, 11) is 1.71. The molecule has 0 aliphatic carbocycles. The normalized spacial score (nSPS) is 10.1. The maximum atomic E-state index is 13.0. The topological polar surface area (TPSA) is 90.2 Å². The minimum atomic E-state index is -0.700. The summed E-state index contributed by atoms with van der Waals surface area (Å²) in [6.07, 6.45) is 3.00. The van der Waals surface area contributed by atoms with Crippen LogP contribution in [-0.4, -0.2) is 21.9 Å². The number of rotatable bonds is 5. The van der Waals surface area contributed by atoms with Gasteiger partial charge in [-0.1, -0.05) is 0 Å². The van der Waals surface area contributed by atoms with E-state index in [0.29, 0.717) is 11.5 Å². The van der Waals surface area contributed by atoms with Crippen LogP contribution in [0.4, 0.5) is 15.9 Å². The molecular formula is C12H11FN4O3. The first-order chi connectivity index (χ1) is 9.60. The molecule has 1 aromatic carbocycles. The predicted molar refractivity (Wildman–Crippen MR) is 69.0 cm³/mol. The molecule has 0 fully saturated rings. The zero-order chi connectivity index (χ0) is 14.5. The SMILES string of the molecule is CNc1cnc(COc2ccc(F)cc2[N+](=O)[O-])cn1. The Bertz CT molecular complexity index is 619. The Kier molecular flexibility index (Phi) is 4.04. The van der Waals surface area contributed by atoms with Crippen molar-refractivity contribution in [1.82, 2.24) is 9.97 Å². The maximum absolute atomic E-state index is 13.0. The number of benzene rings is 1. The van der Waals surface area contributed by atoms with Gasteiger partial charge < -0.3 is 10.1 Å². The first-order valence-electron chi connectivity index (χ1n) is 5.65. The number of nitrogens with one attached hydrogen (secondary N) is 1. The molecule has 20 heavy (non-hydrogen) atoms. The molecule has 0 bridgehead atoms. The third-order valence-corrected chi connectivity index (χ3v) is 2.45. The fourth-order valence-electron chi connectivity index (χ4n) is 1.47. The van der Waals surface area contributed by atoms with Gasteiger partial charge in [-0.2, -0.15) is 0 Å². The lowest BCUT2D eigenvalue weighted by atomic mass is 10.3. The van der Waals surface area contributed by atoms with E-state index >= 15 is 0 Å². The molecule has 1 heterocycles. The lowest BCUT2D eigenvalue weighted by Gasteiger charge is -2.06. The second-order valence-electron chi connectivity index (χ2n) is 3.80. The monoisotopic (exact) mass is 278 g/mol. The number of hydrogen-bond donors (Lipinski definition) is 1. The molecule has 0 amide bonds. The number of halogens is 1. The van der Waals surface area contributed by atoms with E-state index in [9.17, 15) is 14.5 Å². The summed E-state index contributed by atoms with van der Waals surface area (Å²) >= 11 is 0. The van der Waals surface area contributed by atoms with Crippen LogP contribution in [0.3, 0.4) is 0 Å². The third-order valence-electron chi connectivity index (χ3n) is 2.45. The Morgan fingerprint density at radius 1 is 1.40 bits per heavy atom. The van der Waals surface area contributed by atoms with Crippen LogP contribution < -0.4 is 10.1 Å². The average molecular weight is 278 g/mol. The quantitative estimate of drug-likeness (QED) is 0.665. The number of aromatic nitrogens is 2. The van der Waals surface area contributed by atoms with Crippen LogP contribution in [0.2, 0.25) is 0 Å². The van der Waals surface area contributed by atoms with Gasteiger partial charge in [0.05, 0.1) is 29.1 Å². The number of nitro groups is 1. The molecule has 1 aromatic heterocycles. The van der Waals surface area contributed by atoms with Crippen LogP contribution in [0.1, 0.15) is 5.69 Å². The molecule has 7 nitrogen and oxygen atoms in total. The molecule has 0 unspecified atom stereocenters. The first-order valence-corrected chi connectivity index (χ1v) is 5.65. The highest BCUT2D eigenvalue weighted by Gasteiger charge is 2.16. The van der Waals surface area contributed by atoms with Gasteiger partial charge in [-0.15, -0.1) is 0 Å². The lowest BCUT2D eigenvalue weighted by Crippen LogP contribution is -2.03.